The van der Waals surface area contributed by atoms with Crippen LogP contribution >= 0.6 is 0 Å². The van der Waals surface area contributed by atoms with Crippen LogP contribution in [0, 0.1) is 13.8 Å². The maximum atomic E-state index is 11.4. The monoisotopic (exact) mass is 318 g/mol. The van der Waals surface area contributed by atoms with E-state index in [1.165, 1.54) is 11.6 Å². The molecule has 0 aliphatic heterocycles. The van der Waals surface area contributed by atoms with Gasteiger partial charge in [-0.25, -0.2) is 5.48 Å². The second-order valence-corrected chi connectivity index (χ2v) is 5.74. The summed E-state index contributed by atoms with van der Waals surface area (Å²) >= 11 is 0. The molecule has 1 heterocycles. The van der Waals surface area contributed by atoms with E-state index in [4.69, 9.17) is 4.84 Å². The third kappa shape index (κ3) is 4.12. The minimum Gasteiger partial charge on any atom is -0.492 e. The highest BCUT2D eigenvalue weighted by Crippen LogP contribution is 2.26. The lowest BCUT2D eigenvalue weighted by molar-refractivity contribution is 0.0251. The Kier molecular flexibility index (Phi) is 5.41. The molecule has 6 nitrogen and oxygen atoms in total. The Morgan fingerprint density at radius 2 is 1.91 bits per heavy atom. The van der Waals surface area contributed by atoms with Gasteiger partial charge in [-0.1, -0.05) is 36.8 Å². The van der Waals surface area contributed by atoms with Gasteiger partial charge in [0.15, 0.2) is 0 Å². The van der Waals surface area contributed by atoms with Crippen molar-refractivity contribution >= 4 is 0 Å². The molecule has 3 N–H and O–H groups in total. The second-order valence-electron chi connectivity index (χ2n) is 5.74. The van der Waals surface area contributed by atoms with E-state index in [0.717, 1.165) is 5.56 Å². The number of hydrogen-bond acceptors (Lipinski definition) is 5. The molecule has 124 valence electrons. The SMILES string of the molecule is Cc1ccc(CONCC(C)c2c(C)cc(=O)n(O)c2O)cc1. The van der Waals surface area contributed by atoms with Crippen LogP contribution in [-0.4, -0.2) is 21.6 Å². The number of rotatable bonds is 6. The topological polar surface area (TPSA) is 83.7 Å². The number of nitrogens with one attached hydrogen (secondary N) is 1. The zero-order valence-electron chi connectivity index (χ0n) is 13.5. The van der Waals surface area contributed by atoms with Crippen LogP contribution in [0.25, 0.3) is 0 Å². The Hall–Kier alpha value is -2.31. The number of benzene rings is 1. The molecule has 0 radical (unpaired) electrons. The summed E-state index contributed by atoms with van der Waals surface area (Å²) in [6.07, 6.45) is 0. The number of aromatic nitrogens is 1. The summed E-state index contributed by atoms with van der Waals surface area (Å²) in [5.41, 5.74) is 5.59. The Bertz CT molecular complexity index is 723. The Balaban J connectivity index is 1.93. The van der Waals surface area contributed by atoms with Gasteiger partial charge in [-0.3, -0.25) is 9.63 Å². The smallest absolute Gasteiger partial charge is 0.286 e. The maximum Gasteiger partial charge on any atom is 0.286 e. The quantitative estimate of drug-likeness (QED) is 0.432. The van der Waals surface area contributed by atoms with Gasteiger partial charge >= 0.3 is 0 Å². The third-order valence-electron chi connectivity index (χ3n) is 3.76. The Morgan fingerprint density at radius 1 is 1.26 bits per heavy atom. The van der Waals surface area contributed by atoms with Crippen molar-refractivity contribution in [3.63, 3.8) is 0 Å². The van der Waals surface area contributed by atoms with E-state index >= 15 is 0 Å². The van der Waals surface area contributed by atoms with Crippen molar-refractivity contribution in [2.45, 2.75) is 33.3 Å². The van der Waals surface area contributed by atoms with Gasteiger partial charge in [-0.15, -0.1) is 4.73 Å². The molecule has 0 fully saturated rings. The lowest BCUT2D eigenvalue weighted by atomic mass is 9.98. The standard InChI is InChI=1S/C17H22N2O4/c1-11-4-6-14(7-5-11)10-23-18-9-13(3)16-12(2)8-15(20)19(22)17(16)21/h4-8,13,18,21-22H,9-10H2,1-3H3. The molecule has 23 heavy (non-hydrogen) atoms. The van der Waals surface area contributed by atoms with Gasteiger partial charge in [0.1, 0.15) is 0 Å². The van der Waals surface area contributed by atoms with Crippen molar-refractivity contribution in [3.8, 4) is 5.88 Å². The van der Waals surface area contributed by atoms with Gasteiger partial charge in [-0.05, 0) is 25.0 Å². The van der Waals surface area contributed by atoms with Crippen molar-refractivity contribution in [3.05, 3.63) is 62.9 Å². The second kappa shape index (κ2) is 7.30. The molecule has 0 aliphatic rings. The van der Waals surface area contributed by atoms with E-state index in [2.05, 4.69) is 5.48 Å². The first-order chi connectivity index (χ1) is 10.9. The molecule has 0 spiro atoms. The van der Waals surface area contributed by atoms with Gasteiger partial charge in [0.05, 0.1) is 6.61 Å². The fourth-order valence-corrected chi connectivity index (χ4v) is 2.43. The highest BCUT2D eigenvalue weighted by Gasteiger charge is 2.18. The van der Waals surface area contributed by atoms with Crippen molar-refractivity contribution in [2.75, 3.05) is 6.54 Å². The molecule has 1 aromatic heterocycles. The van der Waals surface area contributed by atoms with E-state index < -0.39 is 11.4 Å². The van der Waals surface area contributed by atoms with E-state index in [-0.39, 0.29) is 10.6 Å². The molecule has 6 heteroatoms. The fraction of sp³-hybridized carbons (Fsp3) is 0.353. The van der Waals surface area contributed by atoms with Crippen LogP contribution in [0.15, 0.2) is 35.1 Å². The van der Waals surface area contributed by atoms with E-state index in [1.807, 2.05) is 38.1 Å². The van der Waals surface area contributed by atoms with Gasteiger partial charge in [-0.2, -0.15) is 0 Å². The van der Waals surface area contributed by atoms with Crippen LogP contribution in [0.4, 0.5) is 0 Å². The molecule has 0 saturated heterocycles. The first-order valence-corrected chi connectivity index (χ1v) is 7.45. The lowest BCUT2D eigenvalue weighted by Gasteiger charge is -2.17. The molecular formula is C17H22N2O4. The normalized spacial score (nSPS) is 12.3. The lowest BCUT2D eigenvalue weighted by Crippen LogP contribution is -2.24. The molecule has 2 rings (SSSR count). The van der Waals surface area contributed by atoms with Crippen LogP contribution in [-0.2, 0) is 11.4 Å². The van der Waals surface area contributed by atoms with Gasteiger partial charge in [0.25, 0.3) is 5.56 Å². The van der Waals surface area contributed by atoms with Crippen LogP contribution in [0.2, 0.25) is 0 Å². The molecule has 0 amide bonds. The summed E-state index contributed by atoms with van der Waals surface area (Å²) < 4.78 is 0.256. The van der Waals surface area contributed by atoms with E-state index in [1.54, 1.807) is 6.92 Å². The minimum atomic E-state index is -0.653. The number of hydrogen-bond donors (Lipinski definition) is 3. The number of hydroxylamine groups is 1. The highest BCUT2D eigenvalue weighted by molar-refractivity contribution is 5.36. The van der Waals surface area contributed by atoms with Crippen LogP contribution in [0.1, 0.15) is 35.1 Å². The zero-order chi connectivity index (χ0) is 17.0. The third-order valence-corrected chi connectivity index (χ3v) is 3.76. The highest BCUT2D eigenvalue weighted by atomic mass is 16.6. The average Bonchev–Trinajstić information content (AvgIpc) is 2.51. The predicted octanol–water partition coefficient (Wildman–Crippen LogP) is 2.23. The van der Waals surface area contributed by atoms with Crippen molar-refractivity contribution in [1.29, 1.82) is 0 Å². The largest absolute Gasteiger partial charge is 0.492 e. The first kappa shape index (κ1) is 17.1. The summed E-state index contributed by atoms with van der Waals surface area (Å²) in [6, 6.07) is 9.33. The molecule has 1 atom stereocenters. The Morgan fingerprint density at radius 3 is 2.57 bits per heavy atom. The van der Waals surface area contributed by atoms with Crippen molar-refractivity contribution < 1.29 is 15.2 Å². The van der Waals surface area contributed by atoms with E-state index in [0.29, 0.717) is 24.3 Å². The molecule has 0 aliphatic carbocycles. The number of aromatic hydroxyl groups is 1. The fourth-order valence-electron chi connectivity index (χ4n) is 2.43. The zero-order valence-corrected chi connectivity index (χ0v) is 13.5. The van der Waals surface area contributed by atoms with Crippen LogP contribution < -0.4 is 11.0 Å². The van der Waals surface area contributed by atoms with E-state index in [9.17, 15) is 15.1 Å². The van der Waals surface area contributed by atoms with Crippen molar-refractivity contribution in [1.82, 2.24) is 10.2 Å². The van der Waals surface area contributed by atoms with Gasteiger partial charge in [0, 0.05) is 24.1 Å². The summed E-state index contributed by atoms with van der Waals surface area (Å²) in [7, 11) is 0. The van der Waals surface area contributed by atoms with Crippen LogP contribution in [0.3, 0.4) is 0 Å². The summed E-state index contributed by atoms with van der Waals surface area (Å²) in [5.74, 6) is -0.574. The summed E-state index contributed by atoms with van der Waals surface area (Å²) in [5, 5.41) is 19.4. The van der Waals surface area contributed by atoms with Gasteiger partial charge < -0.3 is 10.3 Å². The van der Waals surface area contributed by atoms with Crippen molar-refractivity contribution in [2.24, 2.45) is 0 Å². The summed E-state index contributed by atoms with van der Waals surface area (Å²) in [6.45, 7) is 6.48. The number of pyridine rings is 1. The molecule has 0 bridgehead atoms. The minimum absolute atomic E-state index is 0.146. The molecule has 1 unspecified atom stereocenters. The Labute approximate surface area is 134 Å². The maximum absolute atomic E-state index is 11.4. The average molecular weight is 318 g/mol. The summed E-state index contributed by atoms with van der Waals surface area (Å²) in [4.78, 5) is 16.8. The molecule has 0 saturated carbocycles. The number of nitrogens with zero attached hydrogens (tertiary/aromatic N) is 1. The molecular weight excluding hydrogens is 296 g/mol. The number of aryl methyl sites for hydroxylation is 2. The molecule has 2 aromatic rings. The molecule has 1 aromatic carbocycles. The predicted molar refractivity (Wildman–Crippen MR) is 86.7 cm³/mol. The first-order valence-electron chi connectivity index (χ1n) is 7.45. The van der Waals surface area contributed by atoms with Crippen LogP contribution in [0.5, 0.6) is 5.88 Å². The van der Waals surface area contributed by atoms with Gasteiger partial charge in [0.2, 0.25) is 5.88 Å².